The number of hydrogen-bond donors (Lipinski definition) is 0. The van der Waals surface area contributed by atoms with Crippen molar-refractivity contribution in [1.82, 2.24) is 0 Å². The summed E-state index contributed by atoms with van der Waals surface area (Å²) in [7, 11) is 1.25. The van der Waals surface area contributed by atoms with Gasteiger partial charge in [0.05, 0.1) is 23.7 Å². The van der Waals surface area contributed by atoms with Gasteiger partial charge in [-0.2, -0.15) is 0 Å². The third-order valence-corrected chi connectivity index (χ3v) is 5.37. The van der Waals surface area contributed by atoms with Crippen molar-refractivity contribution in [2.75, 3.05) is 20.3 Å². The van der Waals surface area contributed by atoms with Gasteiger partial charge in [0.15, 0.2) is 0 Å². The number of methoxy groups -OCH3 is 1. The number of nitro benzene ring substituents is 1. The lowest BCUT2D eigenvalue weighted by molar-refractivity contribution is -0.384. The van der Waals surface area contributed by atoms with E-state index in [-0.39, 0.29) is 24.0 Å². The molecule has 0 saturated carbocycles. The zero-order valence-corrected chi connectivity index (χ0v) is 17.1. The molecule has 0 bridgehead atoms. The normalized spacial score (nSPS) is 23.7. The lowest BCUT2D eigenvalue weighted by Crippen LogP contribution is -2.36. The van der Waals surface area contributed by atoms with Crippen molar-refractivity contribution >= 4 is 23.3 Å². The molecule has 160 valence electrons. The number of hydrogen-bond acceptors (Lipinski definition) is 8. The molecule has 30 heavy (non-hydrogen) atoms. The molecule has 1 aromatic carbocycles. The molecule has 0 amide bonds. The Morgan fingerprint density at radius 2 is 2.10 bits per heavy atom. The van der Waals surface area contributed by atoms with Crippen LogP contribution in [0.3, 0.4) is 0 Å². The standard InChI is InChI=1S/C21H24N2O7/c1-12-17(20(24)28-3)19(14-6-4-7-15(10-14)23(26)27)18(13(2)22-12)21(25)30-11-16-8-5-9-29-16/h4,6-7,10,16-17,19H,5,8-9,11H2,1-3H3. The van der Waals surface area contributed by atoms with Crippen molar-refractivity contribution in [2.45, 2.75) is 38.7 Å². The molecule has 1 fully saturated rings. The second-order valence-electron chi connectivity index (χ2n) is 7.32. The van der Waals surface area contributed by atoms with E-state index in [1.165, 1.54) is 25.3 Å². The van der Waals surface area contributed by atoms with Gasteiger partial charge in [0.1, 0.15) is 12.5 Å². The summed E-state index contributed by atoms with van der Waals surface area (Å²) in [5.41, 5.74) is 1.36. The molecule has 9 nitrogen and oxygen atoms in total. The Morgan fingerprint density at radius 1 is 1.33 bits per heavy atom. The average Bonchev–Trinajstić information content (AvgIpc) is 3.24. The SMILES string of the molecule is COC(=O)C1C(C)=NC(C)=C(C(=O)OCC2CCCO2)C1c1cccc([N+](=O)[O-])c1. The van der Waals surface area contributed by atoms with Gasteiger partial charge in [-0.3, -0.25) is 19.9 Å². The molecule has 9 heteroatoms. The Labute approximate surface area is 173 Å². The van der Waals surface area contributed by atoms with Crippen LogP contribution in [-0.2, 0) is 23.8 Å². The van der Waals surface area contributed by atoms with Gasteiger partial charge in [-0.25, -0.2) is 4.79 Å². The summed E-state index contributed by atoms with van der Waals surface area (Å²) >= 11 is 0. The number of ether oxygens (including phenoxy) is 3. The molecule has 2 aliphatic heterocycles. The van der Waals surface area contributed by atoms with E-state index in [0.29, 0.717) is 23.6 Å². The summed E-state index contributed by atoms with van der Waals surface area (Å²) in [6, 6.07) is 5.88. The van der Waals surface area contributed by atoms with Crippen molar-refractivity contribution < 1.29 is 28.7 Å². The van der Waals surface area contributed by atoms with Gasteiger partial charge >= 0.3 is 11.9 Å². The van der Waals surface area contributed by atoms with Crippen molar-refractivity contribution in [2.24, 2.45) is 10.9 Å². The van der Waals surface area contributed by atoms with Crippen LogP contribution in [0, 0.1) is 16.0 Å². The van der Waals surface area contributed by atoms with E-state index in [9.17, 15) is 19.7 Å². The summed E-state index contributed by atoms with van der Waals surface area (Å²) in [6.07, 6.45) is 1.56. The number of benzene rings is 1. The fourth-order valence-electron chi connectivity index (χ4n) is 3.95. The maximum atomic E-state index is 13.0. The van der Waals surface area contributed by atoms with E-state index in [1.54, 1.807) is 19.9 Å². The van der Waals surface area contributed by atoms with E-state index in [2.05, 4.69) is 4.99 Å². The van der Waals surface area contributed by atoms with Crippen molar-refractivity contribution in [3.8, 4) is 0 Å². The minimum absolute atomic E-state index is 0.100. The van der Waals surface area contributed by atoms with Crippen LogP contribution >= 0.6 is 0 Å². The van der Waals surface area contributed by atoms with Crippen molar-refractivity contribution in [3.05, 3.63) is 51.2 Å². The van der Waals surface area contributed by atoms with Crippen LogP contribution in [0.1, 0.15) is 38.2 Å². The number of carbonyl (C=O) groups excluding carboxylic acids is 2. The second-order valence-corrected chi connectivity index (χ2v) is 7.32. The highest BCUT2D eigenvalue weighted by molar-refractivity contribution is 6.07. The zero-order chi connectivity index (χ0) is 21.8. The summed E-state index contributed by atoms with van der Waals surface area (Å²) in [6.45, 7) is 4.06. The van der Waals surface area contributed by atoms with E-state index < -0.39 is 28.7 Å². The largest absolute Gasteiger partial charge is 0.468 e. The molecular formula is C21H24N2O7. The van der Waals surface area contributed by atoms with Crippen LogP contribution in [0.5, 0.6) is 0 Å². The lowest BCUT2D eigenvalue weighted by atomic mass is 9.75. The number of carbonyl (C=O) groups is 2. The maximum absolute atomic E-state index is 13.0. The highest BCUT2D eigenvalue weighted by Gasteiger charge is 2.42. The average molecular weight is 416 g/mol. The number of non-ortho nitro benzene ring substituents is 1. The van der Waals surface area contributed by atoms with Gasteiger partial charge in [-0.15, -0.1) is 0 Å². The van der Waals surface area contributed by atoms with Gasteiger partial charge in [0.25, 0.3) is 5.69 Å². The Bertz CT molecular complexity index is 916. The van der Waals surface area contributed by atoms with Gasteiger partial charge in [0.2, 0.25) is 0 Å². The smallest absolute Gasteiger partial charge is 0.336 e. The van der Waals surface area contributed by atoms with Crippen LogP contribution in [0.15, 0.2) is 40.5 Å². The fraction of sp³-hybridized carbons (Fsp3) is 0.476. The van der Waals surface area contributed by atoms with Crippen LogP contribution in [0.25, 0.3) is 0 Å². The molecule has 0 N–H and O–H groups in total. The maximum Gasteiger partial charge on any atom is 0.336 e. The molecular weight excluding hydrogens is 392 g/mol. The molecule has 0 aliphatic carbocycles. The van der Waals surface area contributed by atoms with E-state index >= 15 is 0 Å². The van der Waals surface area contributed by atoms with Gasteiger partial charge < -0.3 is 14.2 Å². The van der Waals surface area contributed by atoms with E-state index in [1.807, 2.05) is 0 Å². The quantitative estimate of drug-likeness (QED) is 0.397. The predicted molar refractivity (Wildman–Crippen MR) is 107 cm³/mol. The number of aliphatic imine (C=N–C) groups is 1. The van der Waals surface area contributed by atoms with Gasteiger partial charge in [-0.1, -0.05) is 12.1 Å². The van der Waals surface area contributed by atoms with Crippen molar-refractivity contribution in [1.29, 1.82) is 0 Å². The Kier molecular flexibility index (Phi) is 6.61. The first-order valence-corrected chi connectivity index (χ1v) is 9.70. The zero-order valence-electron chi connectivity index (χ0n) is 17.1. The Hall–Kier alpha value is -3.07. The molecule has 0 aromatic heterocycles. The third kappa shape index (κ3) is 4.40. The van der Waals surface area contributed by atoms with Gasteiger partial charge in [0, 0.05) is 36.1 Å². The molecule has 0 spiro atoms. The first-order valence-electron chi connectivity index (χ1n) is 9.70. The first kappa shape index (κ1) is 21.6. The molecule has 1 saturated heterocycles. The molecule has 0 radical (unpaired) electrons. The number of rotatable bonds is 6. The summed E-state index contributed by atoms with van der Waals surface area (Å²) in [5.74, 6) is -2.91. The lowest BCUT2D eigenvalue weighted by Gasteiger charge is -2.31. The second kappa shape index (κ2) is 9.17. The number of nitrogens with zero attached hydrogens (tertiary/aromatic N) is 2. The number of esters is 2. The summed E-state index contributed by atoms with van der Waals surface area (Å²) < 4.78 is 15.9. The minimum Gasteiger partial charge on any atom is -0.468 e. The highest BCUT2D eigenvalue weighted by Crippen LogP contribution is 2.41. The molecule has 3 unspecified atom stereocenters. The predicted octanol–water partition coefficient (Wildman–Crippen LogP) is 2.94. The van der Waals surface area contributed by atoms with Crippen LogP contribution in [0.2, 0.25) is 0 Å². The van der Waals surface area contributed by atoms with Crippen LogP contribution in [0.4, 0.5) is 5.69 Å². The topological polar surface area (TPSA) is 117 Å². The van der Waals surface area contributed by atoms with Crippen molar-refractivity contribution in [3.63, 3.8) is 0 Å². The van der Waals surface area contributed by atoms with E-state index in [0.717, 1.165) is 12.8 Å². The Morgan fingerprint density at radius 3 is 2.73 bits per heavy atom. The fourth-order valence-corrected chi connectivity index (χ4v) is 3.95. The monoisotopic (exact) mass is 416 g/mol. The summed E-state index contributed by atoms with van der Waals surface area (Å²) in [5, 5.41) is 11.3. The highest BCUT2D eigenvalue weighted by atomic mass is 16.6. The molecule has 3 rings (SSSR count). The number of allylic oxidation sites excluding steroid dienone is 1. The minimum atomic E-state index is -0.897. The molecule has 2 aliphatic rings. The van der Waals surface area contributed by atoms with Gasteiger partial charge in [-0.05, 0) is 32.3 Å². The summed E-state index contributed by atoms with van der Waals surface area (Å²) in [4.78, 5) is 40.8. The first-order chi connectivity index (χ1) is 14.3. The Balaban J connectivity index is 2.02. The third-order valence-electron chi connectivity index (χ3n) is 5.37. The molecule has 1 aromatic rings. The van der Waals surface area contributed by atoms with Crippen LogP contribution < -0.4 is 0 Å². The molecule has 3 atom stereocenters. The van der Waals surface area contributed by atoms with Crippen LogP contribution in [-0.4, -0.2) is 49.0 Å². The molecule has 2 heterocycles. The van der Waals surface area contributed by atoms with E-state index in [4.69, 9.17) is 14.2 Å². The number of nitro groups is 1.